The number of hydrogen-bond acceptors (Lipinski definition) is 5. The fourth-order valence-electron chi connectivity index (χ4n) is 2.54. The Morgan fingerprint density at radius 1 is 1.14 bits per heavy atom. The molecule has 1 N–H and O–H groups in total. The van der Waals surface area contributed by atoms with Crippen molar-refractivity contribution in [2.75, 3.05) is 45.2 Å². The first-order valence-corrected chi connectivity index (χ1v) is 7.35. The second kappa shape index (κ2) is 6.19. The fourth-order valence-corrected chi connectivity index (χ4v) is 2.54. The Labute approximate surface area is 129 Å². The number of hydrogen-bond donors (Lipinski definition) is 1. The highest BCUT2D eigenvalue weighted by atomic mass is 16.5. The Bertz CT molecular complexity index is 688. The van der Waals surface area contributed by atoms with Gasteiger partial charge in [0, 0.05) is 37.9 Å². The molecule has 1 aromatic carbocycles. The Morgan fingerprint density at radius 2 is 1.82 bits per heavy atom. The van der Waals surface area contributed by atoms with Crippen molar-refractivity contribution in [2.45, 2.75) is 0 Å². The quantitative estimate of drug-likeness (QED) is 0.923. The lowest BCUT2D eigenvalue weighted by Crippen LogP contribution is -2.46. The number of nitrogens with zero attached hydrogens (tertiary/aromatic N) is 3. The van der Waals surface area contributed by atoms with Crippen LogP contribution in [0.3, 0.4) is 0 Å². The lowest BCUT2D eigenvalue weighted by molar-refractivity contribution is 0.311. The van der Waals surface area contributed by atoms with Gasteiger partial charge in [-0.25, -0.2) is 4.98 Å². The molecule has 2 aromatic rings. The summed E-state index contributed by atoms with van der Waals surface area (Å²) in [6.45, 7) is 3.51. The summed E-state index contributed by atoms with van der Waals surface area (Å²) in [6.07, 6.45) is 1.66. The van der Waals surface area contributed by atoms with Crippen LogP contribution in [0.25, 0.3) is 11.3 Å². The monoisotopic (exact) mass is 300 g/mol. The molecular weight excluding hydrogens is 280 g/mol. The molecule has 116 valence electrons. The van der Waals surface area contributed by atoms with Crippen LogP contribution in [0.2, 0.25) is 0 Å². The molecule has 1 aliphatic heterocycles. The minimum Gasteiger partial charge on any atom is -0.497 e. The summed E-state index contributed by atoms with van der Waals surface area (Å²) >= 11 is 0. The highest BCUT2D eigenvalue weighted by Gasteiger charge is 2.18. The molecule has 0 atom stereocenters. The van der Waals surface area contributed by atoms with E-state index in [1.165, 1.54) is 0 Å². The van der Waals surface area contributed by atoms with Crippen LogP contribution < -0.4 is 15.2 Å². The molecule has 0 spiro atoms. The molecule has 0 radical (unpaired) electrons. The number of aromatic amines is 1. The van der Waals surface area contributed by atoms with Crippen molar-refractivity contribution in [1.82, 2.24) is 14.9 Å². The Morgan fingerprint density at radius 3 is 2.45 bits per heavy atom. The van der Waals surface area contributed by atoms with E-state index in [0.717, 1.165) is 43.2 Å². The first-order valence-electron chi connectivity index (χ1n) is 7.35. The van der Waals surface area contributed by atoms with E-state index in [4.69, 9.17) is 4.74 Å². The van der Waals surface area contributed by atoms with Gasteiger partial charge in [0.25, 0.3) is 5.56 Å². The van der Waals surface area contributed by atoms with Gasteiger partial charge in [0.1, 0.15) is 5.75 Å². The Kier molecular flexibility index (Phi) is 4.11. The molecule has 1 aromatic heterocycles. The van der Waals surface area contributed by atoms with Crippen molar-refractivity contribution in [1.29, 1.82) is 0 Å². The largest absolute Gasteiger partial charge is 0.497 e. The van der Waals surface area contributed by atoms with Gasteiger partial charge in [-0.1, -0.05) is 0 Å². The Hall–Kier alpha value is -2.34. The maximum atomic E-state index is 12.1. The number of methoxy groups -OCH3 is 1. The predicted octanol–water partition coefficient (Wildman–Crippen LogP) is 1.20. The second-order valence-electron chi connectivity index (χ2n) is 5.46. The molecule has 1 aliphatic rings. The predicted molar refractivity (Wildman–Crippen MR) is 86.6 cm³/mol. The van der Waals surface area contributed by atoms with Crippen LogP contribution in [-0.2, 0) is 0 Å². The SMILES string of the molecule is COc1ccc(-c2c[nH]c(=O)c(N3CCN(C)CC3)n2)cc1. The van der Waals surface area contributed by atoms with Gasteiger partial charge in [0.2, 0.25) is 0 Å². The number of likely N-dealkylation sites (N-methyl/N-ethyl adjacent to an activating group) is 1. The highest BCUT2D eigenvalue weighted by molar-refractivity contribution is 5.61. The van der Waals surface area contributed by atoms with Crippen molar-refractivity contribution in [2.24, 2.45) is 0 Å². The van der Waals surface area contributed by atoms with Crippen molar-refractivity contribution >= 4 is 5.82 Å². The molecule has 22 heavy (non-hydrogen) atoms. The molecule has 0 amide bonds. The number of nitrogens with one attached hydrogen (secondary N) is 1. The zero-order valence-corrected chi connectivity index (χ0v) is 12.9. The number of H-pyrrole nitrogens is 1. The van der Waals surface area contributed by atoms with E-state index in [1.54, 1.807) is 13.3 Å². The fraction of sp³-hybridized carbons (Fsp3) is 0.375. The Balaban J connectivity index is 1.90. The van der Waals surface area contributed by atoms with Crippen molar-refractivity contribution in [3.63, 3.8) is 0 Å². The summed E-state index contributed by atoms with van der Waals surface area (Å²) in [6, 6.07) is 7.65. The minimum atomic E-state index is -0.137. The number of aromatic nitrogens is 2. The third kappa shape index (κ3) is 2.96. The highest BCUT2D eigenvalue weighted by Crippen LogP contribution is 2.21. The molecule has 0 bridgehead atoms. The number of ether oxygens (including phenoxy) is 1. The summed E-state index contributed by atoms with van der Waals surface area (Å²) in [5, 5.41) is 0. The number of anilines is 1. The van der Waals surface area contributed by atoms with Gasteiger partial charge in [-0.15, -0.1) is 0 Å². The van der Waals surface area contributed by atoms with Gasteiger partial charge in [-0.3, -0.25) is 4.79 Å². The van der Waals surface area contributed by atoms with Crippen LogP contribution in [-0.4, -0.2) is 55.2 Å². The van der Waals surface area contributed by atoms with Crippen molar-refractivity contribution in [3.8, 4) is 17.0 Å². The molecule has 0 saturated carbocycles. The van der Waals surface area contributed by atoms with E-state index >= 15 is 0 Å². The molecule has 6 heteroatoms. The molecule has 2 heterocycles. The van der Waals surface area contributed by atoms with E-state index in [0.29, 0.717) is 5.82 Å². The van der Waals surface area contributed by atoms with E-state index in [2.05, 4.69) is 21.9 Å². The van der Waals surface area contributed by atoms with Gasteiger partial charge in [0.15, 0.2) is 5.82 Å². The van der Waals surface area contributed by atoms with Gasteiger partial charge >= 0.3 is 0 Å². The minimum absolute atomic E-state index is 0.137. The molecule has 3 rings (SSSR count). The molecule has 1 fully saturated rings. The summed E-state index contributed by atoms with van der Waals surface area (Å²) in [4.78, 5) is 23.8. The van der Waals surface area contributed by atoms with Crippen LogP contribution in [0.4, 0.5) is 5.82 Å². The van der Waals surface area contributed by atoms with Crippen LogP contribution in [0.15, 0.2) is 35.3 Å². The van der Waals surface area contributed by atoms with Gasteiger partial charge in [0.05, 0.1) is 12.8 Å². The van der Waals surface area contributed by atoms with Crippen LogP contribution in [0.1, 0.15) is 0 Å². The summed E-state index contributed by atoms with van der Waals surface area (Å²) in [5.74, 6) is 1.30. The molecule has 6 nitrogen and oxygen atoms in total. The average molecular weight is 300 g/mol. The molecule has 0 aliphatic carbocycles. The summed E-state index contributed by atoms with van der Waals surface area (Å²) in [5.41, 5.74) is 1.57. The zero-order valence-electron chi connectivity index (χ0n) is 12.9. The van der Waals surface area contributed by atoms with Crippen molar-refractivity contribution < 1.29 is 4.74 Å². The maximum absolute atomic E-state index is 12.1. The van der Waals surface area contributed by atoms with Gasteiger partial charge in [-0.2, -0.15) is 0 Å². The third-order valence-electron chi connectivity index (χ3n) is 3.96. The van der Waals surface area contributed by atoms with E-state index in [9.17, 15) is 4.79 Å². The number of rotatable bonds is 3. The van der Waals surface area contributed by atoms with E-state index < -0.39 is 0 Å². The lowest BCUT2D eigenvalue weighted by Gasteiger charge is -2.32. The number of piperazine rings is 1. The normalized spacial score (nSPS) is 15.8. The number of benzene rings is 1. The third-order valence-corrected chi connectivity index (χ3v) is 3.96. The maximum Gasteiger partial charge on any atom is 0.290 e. The van der Waals surface area contributed by atoms with Crippen molar-refractivity contribution in [3.05, 3.63) is 40.8 Å². The lowest BCUT2D eigenvalue weighted by atomic mass is 10.1. The van der Waals surface area contributed by atoms with Crippen LogP contribution in [0.5, 0.6) is 5.75 Å². The van der Waals surface area contributed by atoms with Gasteiger partial charge < -0.3 is 19.5 Å². The van der Waals surface area contributed by atoms with E-state index in [1.807, 2.05) is 29.2 Å². The summed E-state index contributed by atoms with van der Waals surface area (Å²) in [7, 11) is 3.72. The summed E-state index contributed by atoms with van der Waals surface area (Å²) < 4.78 is 5.16. The molecular formula is C16H20N4O2. The first-order chi connectivity index (χ1) is 10.7. The second-order valence-corrected chi connectivity index (χ2v) is 5.46. The standard InChI is InChI=1S/C16H20N4O2/c1-19-7-9-20(10-8-19)15-16(21)17-11-14(18-15)12-3-5-13(22-2)6-4-12/h3-6,11H,7-10H2,1-2H3,(H,17,21). The molecule has 0 unspecified atom stereocenters. The van der Waals surface area contributed by atoms with Crippen LogP contribution in [0, 0.1) is 0 Å². The van der Waals surface area contributed by atoms with Gasteiger partial charge in [-0.05, 0) is 31.3 Å². The molecule has 1 saturated heterocycles. The van der Waals surface area contributed by atoms with Crippen LogP contribution >= 0.6 is 0 Å². The smallest absolute Gasteiger partial charge is 0.290 e. The average Bonchev–Trinajstić information content (AvgIpc) is 2.56. The first kappa shape index (κ1) is 14.6. The zero-order chi connectivity index (χ0) is 15.5. The van der Waals surface area contributed by atoms with E-state index in [-0.39, 0.29) is 5.56 Å². The topological polar surface area (TPSA) is 61.5 Å².